The lowest BCUT2D eigenvalue weighted by Crippen LogP contribution is -2.53. The molecule has 0 bridgehead atoms. The molecular weight excluding hydrogens is 302 g/mol. The number of nitrogens with two attached hydrogens (primary N) is 1. The van der Waals surface area contributed by atoms with Gasteiger partial charge < -0.3 is 14.6 Å². The van der Waals surface area contributed by atoms with E-state index < -0.39 is 22.2 Å². The van der Waals surface area contributed by atoms with Gasteiger partial charge in [-0.2, -0.15) is 0 Å². The Morgan fingerprint density at radius 2 is 1.57 bits per heavy atom. The zero-order chi connectivity index (χ0) is 16.2. The van der Waals surface area contributed by atoms with Gasteiger partial charge >= 0.3 is 5.97 Å². The average Bonchev–Trinajstić information content (AvgIpc) is 2.87. The molecule has 21 heavy (non-hydrogen) atoms. The van der Waals surface area contributed by atoms with Crippen molar-refractivity contribution < 1.29 is 18.4 Å². The van der Waals surface area contributed by atoms with Crippen molar-refractivity contribution in [3.8, 4) is 0 Å². The van der Waals surface area contributed by atoms with Gasteiger partial charge in [0.15, 0.2) is 0 Å². The van der Waals surface area contributed by atoms with Crippen molar-refractivity contribution in [2.45, 2.75) is 57.7 Å². The van der Waals surface area contributed by atoms with Crippen molar-refractivity contribution in [3.63, 3.8) is 0 Å². The van der Waals surface area contributed by atoms with E-state index in [1.165, 1.54) is 0 Å². The van der Waals surface area contributed by atoms with Crippen LogP contribution in [0.15, 0.2) is 0 Å². The molecule has 2 aliphatic rings. The number of rotatable bonds is 4. The van der Waals surface area contributed by atoms with Crippen molar-refractivity contribution in [3.05, 3.63) is 0 Å². The predicted molar refractivity (Wildman–Crippen MR) is 85.5 cm³/mol. The maximum Gasteiger partial charge on any atom is 0.313 e. The predicted octanol–water partition coefficient (Wildman–Crippen LogP) is 2.10. The Labute approximate surface area is 128 Å². The number of fused-ring (bicyclic) bond motifs is 1. The molecule has 0 saturated heterocycles. The van der Waals surface area contributed by atoms with Gasteiger partial charge in [-0.15, -0.1) is 0 Å². The van der Waals surface area contributed by atoms with E-state index in [0.29, 0.717) is 6.42 Å². The van der Waals surface area contributed by atoms with Gasteiger partial charge in [-0.1, -0.05) is 0 Å². The van der Waals surface area contributed by atoms with E-state index in [4.69, 9.17) is 14.6 Å². The molecule has 0 aromatic carbocycles. The Balaban J connectivity index is 2.06. The summed E-state index contributed by atoms with van der Waals surface area (Å²) >= 11 is 0. The second kappa shape index (κ2) is 4.92. The molecule has 0 aromatic rings. The maximum absolute atomic E-state index is 12.4. The smallest absolute Gasteiger partial charge is 0.313 e. The fourth-order valence-electron chi connectivity index (χ4n) is 3.31. The lowest BCUT2D eigenvalue weighted by Gasteiger charge is -2.29. The fraction of sp³-hybridized carbons (Fsp3) is 0.857. The quantitative estimate of drug-likeness (QED) is 0.799. The van der Waals surface area contributed by atoms with Crippen LogP contribution in [0.4, 0.5) is 0 Å². The highest BCUT2D eigenvalue weighted by Gasteiger charge is 2.70. The lowest BCUT2D eigenvalue weighted by molar-refractivity contribution is -0.143. The number of hydrogen-bond acceptors (Lipinski definition) is 5. The highest BCUT2D eigenvalue weighted by molar-refractivity contribution is 6.71. The Kier molecular flexibility index (Phi) is 3.91. The minimum atomic E-state index is -1.97. The second-order valence-corrected chi connectivity index (χ2v) is 17.2. The van der Waals surface area contributed by atoms with Crippen molar-refractivity contribution in [2.24, 2.45) is 23.5 Å². The van der Waals surface area contributed by atoms with Crippen molar-refractivity contribution in [2.75, 3.05) is 0 Å². The summed E-state index contributed by atoms with van der Waals surface area (Å²) in [7, 11) is -3.87. The minimum absolute atomic E-state index is 0.0924. The van der Waals surface area contributed by atoms with Gasteiger partial charge in [0.25, 0.3) is 5.97 Å². The van der Waals surface area contributed by atoms with Crippen molar-refractivity contribution in [1.29, 1.82) is 0 Å². The summed E-state index contributed by atoms with van der Waals surface area (Å²) in [6.45, 7) is 11.8. The van der Waals surface area contributed by atoms with Crippen LogP contribution in [-0.4, -0.2) is 34.1 Å². The zero-order valence-corrected chi connectivity index (χ0v) is 15.9. The van der Waals surface area contributed by atoms with E-state index in [1.54, 1.807) is 0 Å². The van der Waals surface area contributed by atoms with Crippen LogP contribution in [0.5, 0.6) is 0 Å². The van der Waals surface area contributed by atoms with Crippen LogP contribution in [0.25, 0.3) is 0 Å². The number of carbonyl (C=O) groups excluding carboxylic acids is 2. The SMILES string of the molecule is C[Si](C)(C)OC(=O)[C@H]1[C@@H]2CC[C@@](N)(C(=O)O[Si](C)(C)C)[C@@H]21. The molecule has 2 aliphatic carbocycles. The first-order chi connectivity index (χ1) is 9.35. The molecule has 0 unspecified atom stereocenters. The van der Waals surface area contributed by atoms with Gasteiger partial charge in [-0.05, 0) is 58.0 Å². The summed E-state index contributed by atoms with van der Waals surface area (Å²) in [4.78, 5) is 24.7. The monoisotopic (exact) mass is 329 g/mol. The molecule has 4 atom stereocenters. The van der Waals surface area contributed by atoms with Crippen LogP contribution in [0.1, 0.15) is 12.8 Å². The molecule has 0 spiro atoms. The molecule has 0 amide bonds. The van der Waals surface area contributed by atoms with Gasteiger partial charge in [0.1, 0.15) is 5.54 Å². The summed E-state index contributed by atoms with van der Waals surface area (Å²) < 4.78 is 11.2. The van der Waals surface area contributed by atoms with E-state index in [1.807, 2.05) is 39.3 Å². The van der Waals surface area contributed by atoms with Crippen LogP contribution in [0.3, 0.4) is 0 Å². The van der Waals surface area contributed by atoms with Gasteiger partial charge in [0, 0.05) is 5.92 Å². The summed E-state index contributed by atoms with van der Waals surface area (Å²) in [6, 6.07) is 0. The highest BCUT2D eigenvalue weighted by Crippen LogP contribution is 2.62. The van der Waals surface area contributed by atoms with E-state index in [0.717, 1.165) is 6.42 Å². The standard InChI is InChI=1S/C14H27NO4Si2/c1-20(2,3)18-12(16)10-9-7-8-14(15,11(9)10)13(17)19-21(4,5)6/h9-11H,7-8,15H2,1-6H3/t9-,10-,11-,14-/m0/s1. The third-order valence-corrected chi connectivity index (χ3v) is 5.72. The van der Waals surface area contributed by atoms with Gasteiger partial charge in [-0.25, -0.2) is 0 Å². The van der Waals surface area contributed by atoms with Crippen LogP contribution in [-0.2, 0) is 18.4 Å². The van der Waals surface area contributed by atoms with Gasteiger partial charge in [0.2, 0.25) is 16.6 Å². The van der Waals surface area contributed by atoms with Crippen molar-refractivity contribution in [1.82, 2.24) is 0 Å². The number of carbonyl (C=O) groups is 2. The molecule has 2 fully saturated rings. The molecule has 2 saturated carbocycles. The Hall–Kier alpha value is -0.666. The Morgan fingerprint density at radius 3 is 2.05 bits per heavy atom. The van der Waals surface area contributed by atoms with E-state index >= 15 is 0 Å². The first-order valence-electron chi connectivity index (χ1n) is 7.60. The summed E-state index contributed by atoms with van der Waals surface area (Å²) in [6.07, 6.45) is 1.43. The largest absolute Gasteiger partial charge is 0.520 e. The molecule has 0 aliphatic heterocycles. The first-order valence-corrected chi connectivity index (χ1v) is 14.4. The van der Waals surface area contributed by atoms with Crippen LogP contribution in [0.2, 0.25) is 39.3 Å². The van der Waals surface area contributed by atoms with Gasteiger partial charge in [-0.3, -0.25) is 9.59 Å². The third kappa shape index (κ3) is 3.40. The van der Waals surface area contributed by atoms with Crippen LogP contribution < -0.4 is 5.73 Å². The molecule has 5 nitrogen and oxygen atoms in total. The van der Waals surface area contributed by atoms with Crippen LogP contribution >= 0.6 is 0 Å². The molecule has 2 rings (SSSR count). The molecule has 0 aromatic heterocycles. The molecule has 120 valence electrons. The minimum Gasteiger partial charge on any atom is -0.520 e. The Bertz CT molecular complexity index is 469. The first kappa shape index (κ1) is 16.7. The molecule has 7 heteroatoms. The molecule has 2 N–H and O–H groups in total. The molecule has 0 radical (unpaired) electrons. The lowest BCUT2D eigenvalue weighted by atomic mass is 9.92. The Morgan fingerprint density at radius 1 is 1.05 bits per heavy atom. The maximum atomic E-state index is 12.4. The fourth-order valence-corrected chi connectivity index (χ4v) is 4.80. The van der Waals surface area contributed by atoms with E-state index in [2.05, 4.69) is 0 Å². The average molecular weight is 330 g/mol. The normalized spacial score (nSPS) is 35.1. The van der Waals surface area contributed by atoms with Crippen LogP contribution in [0, 0.1) is 17.8 Å². The summed E-state index contributed by atoms with van der Waals surface area (Å²) in [5, 5.41) is 0. The second-order valence-electron chi connectivity index (χ2n) is 8.33. The van der Waals surface area contributed by atoms with Crippen molar-refractivity contribution >= 4 is 28.6 Å². The topological polar surface area (TPSA) is 78.6 Å². The molecular formula is C14H27NO4Si2. The van der Waals surface area contributed by atoms with Gasteiger partial charge in [0.05, 0.1) is 5.92 Å². The summed E-state index contributed by atoms with van der Waals surface area (Å²) in [5.41, 5.74) is 5.35. The number of hydrogen-bond donors (Lipinski definition) is 1. The molecule has 0 heterocycles. The highest BCUT2D eigenvalue weighted by atomic mass is 28.4. The third-order valence-electron chi connectivity index (χ3n) is 4.11. The zero-order valence-electron chi connectivity index (χ0n) is 13.9. The summed E-state index contributed by atoms with van der Waals surface area (Å²) in [5.74, 6) is -0.583. The van der Waals surface area contributed by atoms with E-state index in [-0.39, 0.29) is 29.7 Å². The van der Waals surface area contributed by atoms with E-state index in [9.17, 15) is 9.59 Å².